The molecular weight excluding hydrogens is 392 g/mol. The van der Waals surface area contributed by atoms with Crippen molar-refractivity contribution in [2.45, 2.75) is 13.2 Å². The fourth-order valence-corrected chi connectivity index (χ4v) is 2.97. The van der Waals surface area contributed by atoms with Crippen molar-refractivity contribution < 1.29 is 19.4 Å². The predicted octanol–water partition coefficient (Wildman–Crippen LogP) is 5.00. The number of rotatable bonds is 8. The summed E-state index contributed by atoms with van der Waals surface area (Å²) in [4.78, 5) is 19.9. The van der Waals surface area contributed by atoms with Gasteiger partial charge in [-0.2, -0.15) is 4.98 Å². The Hall–Kier alpha value is -4.19. The Balaban J connectivity index is 1.60. The lowest BCUT2D eigenvalue weighted by molar-refractivity contribution is 0.0697. The predicted molar refractivity (Wildman–Crippen MR) is 116 cm³/mol. The summed E-state index contributed by atoms with van der Waals surface area (Å²) in [6.45, 7) is 0.668. The van der Waals surface area contributed by atoms with Crippen LogP contribution in [-0.4, -0.2) is 21.0 Å². The zero-order valence-corrected chi connectivity index (χ0v) is 16.6. The van der Waals surface area contributed by atoms with Crippen LogP contribution in [-0.2, 0) is 13.2 Å². The van der Waals surface area contributed by atoms with E-state index in [-0.39, 0.29) is 11.6 Å². The second kappa shape index (κ2) is 9.54. The highest BCUT2D eigenvalue weighted by Gasteiger charge is 2.13. The molecule has 4 rings (SSSR count). The number of carboxylic acids is 1. The molecule has 1 aromatic heterocycles. The Kier molecular flexibility index (Phi) is 6.18. The summed E-state index contributed by atoms with van der Waals surface area (Å²) in [6.07, 6.45) is 1.63. The van der Waals surface area contributed by atoms with Crippen molar-refractivity contribution >= 4 is 5.97 Å². The number of aromatic nitrogens is 2. The maximum atomic E-state index is 11.1. The van der Waals surface area contributed by atoms with E-state index in [4.69, 9.17) is 14.6 Å². The van der Waals surface area contributed by atoms with E-state index >= 15 is 0 Å². The van der Waals surface area contributed by atoms with Crippen LogP contribution in [0.3, 0.4) is 0 Å². The molecule has 0 radical (unpaired) electrons. The molecule has 0 aliphatic carbocycles. The van der Waals surface area contributed by atoms with Crippen LogP contribution in [0.15, 0.2) is 91.1 Å². The normalized spacial score (nSPS) is 10.5. The van der Waals surface area contributed by atoms with E-state index < -0.39 is 5.97 Å². The van der Waals surface area contributed by atoms with E-state index in [0.29, 0.717) is 24.7 Å². The summed E-state index contributed by atoms with van der Waals surface area (Å²) >= 11 is 0. The minimum atomic E-state index is -0.979. The monoisotopic (exact) mass is 412 g/mol. The first kappa shape index (κ1) is 20.1. The smallest absolute Gasteiger partial charge is 0.335 e. The Bertz CT molecular complexity index is 1150. The quantitative estimate of drug-likeness (QED) is 0.439. The molecule has 0 fully saturated rings. The van der Waals surface area contributed by atoms with Gasteiger partial charge in [-0.15, -0.1) is 0 Å². The molecule has 0 saturated heterocycles. The topological polar surface area (TPSA) is 81.5 Å². The van der Waals surface area contributed by atoms with Crippen molar-refractivity contribution in [3.05, 3.63) is 108 Å². The van der Waals surface area contributed by atoms with Gasteiger partial charge in [0.25, 0.3) is 0 Å². The van der Waals surface area contributed by atoms with Crippen LogP contribution in [0.25, 0.3) is 11.1 Å². The summed E-state index contributed by atoms with van der Waals surface area (Å²) in [5.74, 6) is -0.613. The molecule has 0 saturated carbocycles. The third-order valence-corrected chi connectivity index (χ3v) is 4.60. The molecule has 0 bridgehead atoms. The van der Waals surface area contributed by atoms with Gasteiger partial charge in [0, 0.05) is 6.20 Å². The highest BCUT2D eigenvalue weighted by atomic mass is 16.5. The van der Waals surface area contributed by atoms with Gasteiger partial charge in [-0.1, -0.05) is 72.8 Å². The molecule has 31 heavy (non-hydrogen) atoms. The van der Waals surface area contributed by atoms with E-state index in [1.807, 2.05) is 60.7 Å². The van der Waals surface area contributed by atoms with Crippen molar-refractivity contribution in [2.75, 3.05) is 0 Å². The van der Waals surface area contributed by atoms with Crippen LogP contribution in [0, 0.1) is 0 Å². The number of carbonyl (C=O) groups is 1. The van der Waals surface area contributed by atoms with Crippen molar-refractivity contribution in [3.8, 4) is 23.0 Å². The molecule has 4 aromatic rings. The Morgan fingerprint density at radius 1 is 0.774 bits per heavy atom. The lowest BCUT2D eigenvalue weighted by Gasteiger charge is -2.12. The van der Waals surface area contributed by atoms with Crippen LogP contribution in [0.4, 0.5) is 0 Å². The van der Waals surface area contributed by atoms with Crippen molar-refractivity contribution in [1.82, 2.24) is 9.97 Å². The van der Waals surface area contributed by atoms with Gasteiger partial charge in [-0.3, -0.25) is 0 Å². The lowest BCUT2D eigenvalue weighted by atomic mass is 10.1. The Morgan fingerprint density at radius 3 is 1.94 bits per heavy atom. The summed E-state index contributed by atoms with van der Waals surface area (Å²) in [7, 11) is 0. The number of ether oxygens (including phenoxy) is 2. The first-order valence-corrected chi connectivity index (χ1v) is 9.73. The average Bonchev–Trinajstić information content (AvgIpc) is 2.83. The minimum Gasteiger partial charge on any atom is -0.478 e. The summed E-state index contributed by atoms with van der Waals surface area (Å²) in [5.41, 5.74) is 3.62. The highest BCUT2D eigenvalue weighted by molar-refractivity contribution is 5.88. The number of benzene rings is 3. The van der Waals surface area contributed by atoms with Gasteiger partial charge in [-0.05, 0) is 28.8 Å². The number of nitrogens with zero attached hydrogens (tertiary/aromatic N) is 2. The van der Waals surface area contributed by atoms with E-state index in [9.17, 15) is 4.79 Å². The molecule has 1 N–H and O–H groups in total. The maximum absolute atomic E-state index is 11.1. The molecule has 0 amide bonds. The lowest BCUT2D eigenvalue weighted by Crippen LogP contribution is -2.04. The standard InChI is InChI=1S/C25H20N2O4/c28-24(29)21-13-11-20(12-14-21)22-15-26-25(31-17-19-9-5-2-6-10-19)27-23(22)30-16-18-7-3-1-4-8-18/h1-15H,16-17H2,(H,28,29). The number of carboxylic acid groups (broad SMARTS) is 1. The van der Waals surface area contributed by atoms with Crippen LogP contribution >= 0.6 is 0 Å². The van der Waals surface area contributed by atoms with E-state index in [2.05, 4.69) is 9.97 Å². The van der Waals surface area contributed by atoms with Crippen LogP contribution in [0.5, 0.6) is 11.9 Å². The van der Waals surface area contributed by atoms with Crippen molar-refractivity contribution in [1.29, 1.82) is 0 Å². The van der Waals surface area contributed by atoms with Gasteiger partial charge in [0.2, 0.25) is 5.88 Å². The van der Waals surface area contributed by atoms with Gasteiger partial charge in [-0.25, -0.2) is 9.78 Å². The van der Waals surface area contributed by atoms with E-state index in [1.54, 1.807) is 30.5 Å². The zero-order chi connectivity index (χ0) is 21.5. The molecule has 6 heteroatoms. The zero-order valence-electron chi connectivity index (χ0n) is 16.6. The van der Waals surface area contributed by atoms with Gasteiger partial charge in [0.05, 0.1) is 11.1 Å². The van der Waals surface area contributed by atoms with Gasteiger partial charge in [0.15, 0.2) is 0 Å². The fourth-order valence-electron chi connectivity index (χ4n) is 2.97. The number of hydrogen-bond acceptors (Lipinski definition) is 5. The molecule has 3 aromatic carbocycles. The molecular formula is C25H20N2O4. The molecule has 0 unspecified atom stereocenters. The third kappa shape index (κ3) is 5.25. The summed E-state index contributed by atoms with van der Waals surface area (Å²) in [5, 5.41) is 9.13. The first-order valence-electron chi connectivity index (χ1n) is 9.73. The fraction of sp³-hybridized carbons (Fsp3) is 0.0800. The minimum absolute atomic E-state index is 0.206. The first-order chi connectivity index (χ1) is 15.2. The van der Waals surface area contributed by atoms with Gasteiger partial charge >= 0.3 is 12.0 Å². The van der Waals surface area contributed by atoms with Crippen LogP contribution in [0.1, 0.15) is 21.5 Å². The molecule has 0 aliphatic heterocycles. The molecule has 0 aliphatic rings. The van der Waals surface area contributed by atoms with Gasteiger partial charge < -0.3 is 14.6 Å². The third-order valence-electron chi connectivity index (χ3n) is 4.60. The second-order valence-electron chi connectivity index (χ2n) is 6.80. The van der Waals surface area contributed by atoms with Crippen molar-refractivity contribution in [3.63, 3.8) is 0 Å². The van der Waals surface area contributed by atoms with Gasteiger partial charge in [0.1, 0.15) is 13.2 Å². The molecule has 0 atom stereocenters. The molecule has 154 valence electrons. The molecule has 0 spiro atoms. The second-order valence-corrected chi connectivity index (χ2v) is 6.80. The Labute approximate surface area is 179 Å². The summed E-state index contributed by atoms with van der Waals surface area (Å²) in [6, 6.07) is 26.2. The Morgan fingerprint density at radius 2 is 1.35 bits per heavy atom. The van der Waals surface area contributed by atoms with Crippen LogP contribution in [0.2, 0.25) is 0 Å². The largest absolute Gasteiger partial charge is 0.478 e. The van der Waals surface area contributed by atoms with E-state index in [1.165, 1.54) is 0 Å². The number of hydrogen-bond donors (Lipinski definition) is 1. The number of aromatic carboxylic acids is 1. The summed E-state index contributed by atoms with van der Waals surface area (Å²) < 4.78 is 11.7. The van der Waals surface area contributed by atoms with Crippen molar-refractivity contribution in [2.24, 2.45) is 0 Å². The van der Waals surface area contributed by atoms with E-state index in [0.717, 1.165) is 16.7 Å². The maximum Gasteiger partial charge on any atom is 0.335 e. The van der Waals surface area contributed by atoms with Crippen LogP contribution < -0.4 is 9.47 Å². The molecule has 1 heterocycles. The SMILES string of the molecule is O=C(O)c1ccc(-c2cnc(OCc3ccccc3)nc2OCc2ccccc2)cc1. The molecule has 6 nitrogen and oxygen atoms in total. The average molecular weight is 412 g/mol. The highest BCUT2D eigenvalue weighted by Crippen LogP contribution is 2.30.